The van der Waals surface area contributed by atoms with Crippen molar-refractivity contribution in [3.8, 4) is 11.3 Å². The molecule has 0 unspecified atom stereocenters. The van der Waals surface area contributed by atoms with Crippen molar-refractivity contribution >= 4 is 55.0 Å². The lowest BCUT2D eigenvalue weighted by Gasteiger charge is -2.26. The van der Waals surface area contributed by atoms with E-state index in [0.717, 1.165) is 63.9 Å². The molecule has 5 nitrogen and oxygen atoms in total. The van der Waals surface area contributed by atoms with Crippen molar-refractivity contribution in [2.45, 2.75) is 33.1 Å². The van der Waals surface area contributed by atoms with Crippen LogP contribution in [0.1, 0.15) is 41.4 Å². The number of likely N-dealkylation sites (tertiary alicyclic amines) is 1. The number of nitrogens with one attached hydrogen (secondary N) is 1. The first kappa shape index (κ1) is 20.0. The minimum atomic E-state index is -0.186. The van der Waals surface area contributed by atoms with Gasteiger partial charge in [-0.05, 0) is 49.9 Å². The topological polar surface area (TPSA) is 62.3 Å². The van der Waals surface area contributed by atoms with Gasteiger partial charge in [-0.25, -0.2) is 4.98 Å². The van der Waals surface area contributed by atoms with Crippen LogP contribution in [-0.4, -0.2) is 34.8 Å². The van der Waals surface area contributed by atoms with E-state index >= 15 is 0 Å². The Balaban J connectivity index is 1.84. The standard InChI is InChI=1S/C22H22BrN3O2S/c1-13-12-17(15-6-8-16(23)9-7-15)25-21-18(13)19(24-14(2)27)20(29-21)22(28)26-10-4-3-5-11-26/h6-9,12H,3-5,10-11H2,1-2H3,(H,24,27). The molecule has 1 N–H and O–H groups in total. The van der Waals surface area contributed by atoms with Gasteiger partial charge in [0.05, 0.1) is 11.4 Å². The molecule has 0 saturated carbocycles. The maximum atomic E-state index is 13.2. The van der Waals surface area contributed by atoms with Crippen LogP contribution in [0.3, 0.4) is 0 Å². The third-order valence-electron chi connectivity index (χ3n) is 5.14. The average Bonchev–Trinajstić information content (AvgIpc) is 3.06. The maximum absolute atomic E-state index is 13.2. The molecule has 2 amide bonds. The van der Waals surface area contributed by atoms with E-state index in [-0.39, 0.29) is 11.8 Å². The largest absolute Gasteiger partial charge is 0.338 e. The quantitative estimate of drug-likeness (QED) is 0.538. The first-order valence-corrected chi connectivity index (χ1v) is 11.3. The van der Waals surface area contributed by atoms with Crippen LogP contribution in [0.2, 0.25) is 0 Å². The highest BCUT2D eigenvalue weighted by Crippen LogP contribution is 2.39. The number of anilines is 1. The molecule has 1 fully saturated rings. The molecule has 29 heavy (non-hydrogen) atoms. The molecule has 2 aromatic heterocycles. The number of benzene rings is 1. The molecule has 7 heteroatoms. The molecule has 0 radical (unpaired) electrons. The normalized spacial score (nSPS) is 14.2. The fourth-order valence-electron chi connectivity index (χ4n) is 3.74. The second-order valence-corrected chi connectivity index (χ2v) is 9.27. The number of pyridine rings is 1. The highest BCUT2D eigenvalue weighted by molar-refractivity contribution is 9.10. The number of nitrogens with zero attached hydrogens (tertiary/aromatic N) is 2. The van der Waals surface area contributed by atoms with Gasteiger partial charge in [0.1, 0.15) is 9.71 Å². The molecular weight excluding hydrogens is 450 g/mol. The molecule has 1 aliphatic heterocycles. The van der Waals surface area contributed by atoms with Crippen LogP contribution in [0.4, 0.5) is 5.69 Å². The van der Waals surface area contributed by atoms with Crippen LogP contribution in [0.5, 0.6) is 0 Å². The van der Waals surface area contributed by atoms with Crippen LogP contribution in [0.15, 0.2) is 34.8 Å². The monoisotopic (exact) mass is 471 g/mol. The number of amides is 2. The first-order chi connectivity index (χ1) is 13.9. The Bertz CT molecular complexity index is 1090. The summed E-state index contributed by atoms with van der Waals surface area (Å²) >= 11 is 4.83. The van der Waals surface area contributed by atoms with Gasteiger partial charge in [-0.15, -0.1) is 11.3 Å². The summed E-state index contributed by atoms with van der Waals surface area (Å²) in [6.45, 7) is 5.00. The Hall–Kier alpha value is -2.25. The van der Waals surface area contributed by atoms with Gasteiger partial charge in [0.15, 0.2) is 0 Å². The lowest BCUT2D eigenvalue weighted by molar-refractivity contribution is -0.114. The predicted molar refractivity (Wildman–Crippen MR) is 122 cm³/mol. The Morgan fingerprint density at radius 2 is 1.83 bits per heavy atom. The number of aromatic nitrogens is 1. The number of carbonyl (C=O) groups excluding carboxylic acids is 2. The smallest absolute Gasteiger partial charge is 0.266 e. The summed E-state index contributed by atoms with van der Waals surface area (Å²) in [5.41, 5.74) is 3.46. The van der Waals surface area contributed by atoms with Gasteiger partial charge in [0, 0.05) is 35.4 Å². The molecular formula is C22H22BrN3O2S. The zero-order valence-electron chi connectivity index (χ0n) is 16.4. The van der Waals surface area contributed by atoms with Crippen LogP contribution in [-0.2, 0) is 4.79 Å². The Morgan fingerprint density at radius 1 is 1.14 bits per heavy atom. The molecule has 0 atom stereocenters. The lowest BCUT2D eigenvalue weighted by Crippen LogP contribution is -2.35. The van der Waals surface area contributed by atoms with Gasteiger partial charge in [0.2, 0.25) is 5.91 Å². The fourth-order valence-corrected chi connectivity index (χ4v) is 5.18. The van der Waals surface area contributed by atoms with E-state index < -0.39 is 0 Å². The number of halogens is 1. The summed E-state index contributed by atoms with van der Waals surface area (Å²) in [5, 5.41) is 3.75. The molecule has 1 aromatic carbocycles. The van der Waals surface area contributed by atoms with Crippen LogP contribution >= 0.6 is 27.3 Å². The number of rotatable bonds is 3. The minimum Gasteiger partial charge on any atom is -0.338 e. The summed E-state index contributed by atoms with van der Waals surface area (Å²) in [6.07, 6.45) is 3.21. The number of hydrogen-bond acceptors (Lipinski definition) is 4. The first-order valence-electron chi connectivity index (χ1n) is 9.71. The van der Waals surface area contributed by atoms with E-state index in [4.69, 9.17) is 4.98 Å². The molecule has 3 heterocycles. The predicted octanol–water partition coefficient (Wildman–Crippen LogP) is 5.62. The van der Waals surface area contributed by atoms with Crippen molar-refractivity contribution in [2.75, 3.05) is 18.4 Å². The van der Waals surface area contributed by atoms with Gasteiger partial charge in [-0.2, -0.15) is 0 Å². The highest BCUT2D eigenvalue weighted by atomic mass is 79.9. The molecule has 0 bridgehead atoms. The molecule has 1 saturated heterocycles. The van der Waals surface area contributed by atoms with E-state index in [2.05, 4.69) is 21.2 Å². The van der Waals surface area contributed by atoms with Crippen LogP contribution < -0.4 is 5.32 Å². The van der Waals surface area contributed by atoms with Crippen molar-refractivity contribution in [3.05, 3.63) is 45.2 Å². The van der Waals surface area contributed by atoms with Crippen molar-refractivity contribution in [1.82, 2.24) is 9.88 Å². The molecule has 150 valence electrons. The Labute approximate surface area is 182 Å². The van der Waals surface area contributed by atoms with Crippen molar-refractivity contribution in [2.24, 2.45) is 0 Å². The molecule has 0 spiro atoms. The van der Waals surface area contributed by atoms with Gasteiger partial charge in [0.25, 0.3) is 5.91 Å². The summed E-state index contributed by atoms with van der Waals surface area (Å²) in [4.78, 5) is 33.2. The van der Waals surface area contributed by atoms with Gasteiger partial charge in [-0.1, -0.05) is 28.1 Å². The summed E-state index contributed by atoms with van der Waals surface area (Å²) in [5.74, 6) is -0.199. The summed E-state index contributed by atoms with van der Waals surface area (Å²) in [7, 11) is 0. The number of carbonyl (C=O) groups is 2. The highest BCUT2D eigenvalue weighted by Gasteiger charge is 2.26. The van der Waals surface area contributed by atoms with E-state index in [9.17, 15) is 9.59 Å². The van der Waals surface area contributed by atoms with Crippen LogP contribution in [0, 0.1) is 6.92 Å². The van der Waals surface area contributed by atoms with Gasteiger partial charge in [-0.3, -0.25) is 9.59 Å². The third kappa shape index (κ3) is 4.07. The summed E-state index contributed by atoms with van der Waals surface area (Å²) in [6, 6.07) is 10.0. The Kier molecular flexibility index (Phi) is 5.69. The van der Waals surface area contributed by atoms with Gasteiger partial charge >= 0.3 is 0 Å². The zero-order chi connectivity index (χ0) is 20.5. The number of fused-ring (bicyclic) bond motifs is 1. The Morgan fingerprint density at radius 3 is 2.48 bits per heavy atom. The van der Waals surface area contributed by atoms with E-state index in [1.54, 1.807) is 0 Å². The van der Waals surface area contributed by atoms with Crippen molar-refractivity contribution in [1.29, 1.82) is 0 Å². The van der Waals surface area contributed by atoms with Crippen molar-refractivity contribution < 1.29 is 9.59 Å². The lowest BCUT2D eigenvalue weighted by atomic mass is 10.1. The van der Waals surface area contributed by atoms with E-state index in [1.165, 1.54) is 18.3 Å². The number of hydrogen-bond donors (Lipinski definition) is 1. The fraction of sp³-hybridized carbons (Fsp3) is 0.318. The SMILES string of the molecule is CC(=O)Nc1c(C(=O)N2CCCCC2)sc2nc(-c3ccc(Br)cc3)cc(C)c12. The van der Waals surface area contributed by atoms with E-state index in [0.29, 0.717) is 10.6 Å². The number of aryl methyl sites for hydroxylation is 1. The number of piperidine rings is 1. The van der Waals surface area contributed by atoms with Crippen molar-refractivity contribution in [3.63, 3.8) is 0 Å². The second kappa shape index (κ2) is 8.24. The zero-order valence-corrected chi connectivity index (χ0v) is 18.8. The molecule has 4 rings (SSSR count). The van der Waals surface area contributed by atoms with Crippen LogP contribution in [0.25, 0.3) is 21.5 Å². The number of thiophene rings is 1. The molecule has 3 aromatic rings. The molecule has 1 aliphatic rings. The molecule has 0 aliphatic carbocycles. The summed E-state index contributed by atoms with van der Waals surface area (Å²) < 4.78 is 1.01. The van der Waals surface area contributed by atoms with E-state index in [1.807, 2.05) is 42.2 Å². The minimum absolute atomic E-state index is 0.0129. The second-order valence-electron chi connectivity index (χ2n) is 7.35. The maximum Gasteiger partial charge on any atom is 0.266 e. The third-order valence-corrected chi connectivity index (χ3v) is 6.74. The average molecular weight is 472 g/mol. The van der Waals surface area contributed by atoms with Gasteiger partial charge < -0.3 is 10.2 Å².